The van der Waals surface area contributed by atoms with Crippen molar-refractivity contribution in [2.24, 2.45) is 0 Å². The van der Waals surface area contributed by atoms with Crippen molar-refractivity contribution in [2.75, 3.05) is 26.3 Å². The van der Waals surface area contributed by atoms with Crippen molar-refractivity contribution >= 4 is 29.2 Å². The molecule has 0 amide bonds. The lowest BCUT2D eigenvalue weighted by Gasteiger charge is -2.31. The van der Waals surface area contributed by atoms with Crippen molar-refractivity contribution in [2.45, 2.75) is 17.2 Å². The first-order chi connectivity index (χ1) is 9.11. The summed E-state index contributed by atoms with van der Waals surface area (Å²) in [7, 11) is -1.37. The molecule has 1 aliphatic rings. The summed E-state index contributed by atoms with van der Waals surface area (Å²) in [6.45, 7) is 4.56. The molecule has 20 heavy (non-hydrogen) atoms. The Hall–Kier alpha value is -0.950. The molecule has 1 N–H and O–H groups in total. The first-order valence-corrected chi connectivity index (χ1v) is 7.37. The molecule has 1 saturated heterocycles. The van der Waals surface area contributed by atoms with E-state index in [1.54, 1.807) is 18.2 Å². The fourth-order valence-electron chi connectivity index (χ4n) is 2.08. The molecule has 0 aromatic heterocycles. The van der Waals surface area contributed by atoms with Gasteiger partial charge in [-0.05, 0) is 19.1 Å². The molecule has 2 rings (SSSR count). The predicted molar refractivity (Wildman–Crippen MR) is 78.9 cm³/mol. The number of halogens is 1. The molecule has 1 aliphatic heterocycles. The van der Waals surface area contributed by atoms with Gasteiger partial charge < -0.3 is 9.84 Å². The van der Waals surface area contributed by atoms with Crippen molar-refractivity contribution in [3.05, 3.63) is 29.8 Å². The lowest BCUT2D eigenvalue weighted by Crippen LogP contribution is -2.44. The minimum atomic E-state index is -1.37. The fraction of sp³-hybridized carbons (Fsp3) is 0.462. The molecule has 2 unspecified atom stereocenters. The van der Waals surface area contributed by atoms with Crippen LogP contribution in [0.2, 0.25) is 0 Å². The number of benzene rings is 1. The third-order valence-electron chi connectivity index (χ3n) is 3.20. The first-order valence-electron chi connectivity index (χ1n) is 6.16. The third kappa shape index (κ3) is 3.79. The lowest BCUT2D eigenvalue weighted by molar-refractivity contribution is 0.0343. The molecule has 0 bridgehead atoms. The first kappa shape index (κ1) is 17.1. The van der Waals surface area contributed by atoms with Gasteiger partial charge in [0.15, 0.2) is 0 Å². The van der Waals surface area contributed by atoms with Crippen LogP contribution in [-0.2, 0) is 15.5 Å². The molecular weight excluding hydrogens is 302 g/mol. The Morgan fingerprint density at radius 2 is 1.95 bits per heavy atom. The molecule has 0 spiro atoms. The van der Waals surface area contributed by atoms with Crippen LogP contribution in [0.5, 0.6) is 0 Å². The van der Waals surface area contributed by atoms with Gasteiger partial charge in [0.2, 0.25) is 0 Å². The average molecular weight is 320 g/mol. The highest BCUT2D eigenvalue weighted by molar-refractivity contribution is 7.85. The molecule has 0 saturated carbocycles. The van der Waals surface area contributed by atoms with Gasteiger partial charge in [-0.2, -0.15) is 0 Å². The Morgan fingerprint density at radius 1 is 1.35 bits per heavy atom. The van der Waals surface area contributed by atoms with E-state index in [2.05, 4.69) is 4.90 Å². The Balaban J connectivity index is 0.00000200. The SMILES string of the molecule is CC(N1CCOCC1)S(=O)c1ccccc1C(=O)O.Cl. The van der Waals surface area contributed by atoms with E-state index in [0.29, 0.717) is 18.1 Å². The summed E-state index contributed by atoms with van der Waals surface area (Å²) < 4.78 is 17.8. The number of hydrogen-bond donors (Lipinski definition) is 1. The van der Waals surface area contributed by atoms with E-state index >= 15 is 0 Å². The second kappa shape index (κ2) is 7.73. The highest BCUT2D eigenvalue weighted by Gasteiger charge is 2.25. The minimum absolute atomic E-state index is 0. The molecule has 1 heterocycles. The maximum Gasteiger partial charge on any atom is 0.336 e. The van der Waals surface area contributed by atoms with Gasteiger partial charge in [0.25, 0.3) is 0 Å². The topological polar surface area (TPSA) is 66.8 Å². The summed E-state index contributed by atoms with van der Waals surface area (Å²) in [6, 6.07) is 6.47. The molecule has 1 aromatic rings. The normalized spacial score (nSPS) is 18.9. The standard InChI is InChI=1S/C13H17NO4S.ClH/c1-10(14-6-8-18-9-7-14)19(17)12-5-3-2-4-11(12)13(15)16;/h2-5,10H,6-9H2,1H3,(H,15,16);1H. The Morgan fingerprint density at radius 3 is 2.55 bits per heavy atom. The summed E-state index contributed by atoms with van der Waals surface area (Å²) >= 11 is 0. The van der Waals surface area contributed by atoms with Gasteiger partial charge in [-0.15, -0.1) is 12.4 Å². The van der Waals surface area contributed by atoms with Crippen molar-refractivity contribution in [1.29, 1.82) is 0 Å². The van der Waals surface area contributed by atoms with Gasteiger partial charge in [0.05, 0.1) is 39.8 Å². The quantitative estimate of drug-likeness (QED) is 0.913. The van der Waals surface area contributed by atoms with Gasteiger partial charge >= 0.3 is 5.97 Å². The molecule has 112 valence electrons. The molecule has 1 aromatic carbocycles. The monoisotopic (exact) mass is 319 g/mol. The average Bonchev–Trinajstić information content (AvgIpc) is 2.46. The van der Waals surface area contributed by atoms with Crippen LogP contribution in [0.4, 0.5) is 0 Å². The van der Waals surface area contributed by atoms with E-state index in [-0.39, 0.29) is 23.3 Å². The van der Waals surface area contributed by atoms with Gasteiger partial charge in [-0.3, -0.25) is 9.11 Å². The van der Waals surface area contributed by atoms with Gasteiger partial charge in [0, 0.05) is 13.1 Å². The van der Waals surface area contributed by atoms with Crippen molar-refractivity contribution in [3.8, 4) is 0 Å². The van der Waals surface area contributed by atoms with Crippen molar-refractivity contribution in [3.63, 3.8) is 0 Å². The fourth-order valence-corrected chi connectivity index (χ4v) is 3.51. The summed E-state index contributed by atoms with van der Waals surface area (Å²) in [5, 5.41) is 8.92. The zero-order valence-corrected chi connectivity index (χ0v) is 12.8. The van der Waals surface area contributed by atoms with E-state index in [1.165, 1.54) is 6.07 Å². The van der Waals surface area contributed by atoms with Crippen molar-refractivity contribution < 1.29 is 18.8 Å². The molecule has 7 heteroatoms. The van der Waals surface area contributed by atoms with Gasteiger partial charge in [-0.25, -0.2) is 4.79 Å². The van der Waals surface area contributed by atoms with E-state index in [0.717, 1.165) is 13.1 Å². The molecular formula is C13H18ClNO4S. The maximum absolute atomic E-state index is 12.5. The smallest absolute Gasteiger partial charge is 0.336 e. The van der Waals surface area contributed by atoms with Crippen LogP contribution in [0.1, 0.15) is 17.3 Å². The zero-order chi connectivity index (χ0) is 13.8. The molecule has 2 atom stereocenters. The number of hydrogen-bond acceptors (Lipinski definition) is 4. The van der Waals surface area contributed by atoms with E-state index in [1.807, 2.05) is 6.92 Å². The van der Waals surface area contributed by atoms with E-state index in [9.17, 15) is 9.00 Å². The number of aromatic carboxylic acids is 1. The van der Waals surface area contributed by atoms with E-state index in [4.69, 9.17) is 9.84 Å². The Labute approximate surface area is 126 Å². The summed E-state index contributed by atoms with van der Waals surface area (Å²) in [4.78, 5) is 13.6. The number of nitrogens with zero attached hydrogens (tertiary/aromatic N) is 1. The van der Waals surface area contributed by atoms with Gasteiger partial charge in [0.1, 0.15) is 0 Å². The predicted octanol–water partition coefficient (Wildman–Crippen LogP) is 1.59. The number of ether oxygens (including phenoxy) is 1. The number of rotatable bonds is 4. The van der Waals surface area contributed by atoms with E-state index < -0.39 is 16.8 Å². The van der Waals surface area contributed by atoms with Crippen LogP contribution >= 0.6 is 12.4 Å². The minimum Gasteiger partial charge on any atom is -0.478 e. The number of carboxylic acids is 1. The molecule has 0 radical (unpaired) electrons. The lowest BCUT2D eigenvalue weighted by atomic mass is 10.2. The molecule has 1 fully saturated rings. The van der Waals surface area contributed by atoms with Crippen LogP contribution in [0.25, 0.3) is 0 Å². The second-order valence-electron chi connectivity index (χ2n) is 4.35. The Bertz CT molecular complexity index is 491. The highest BCUT2D eigenvalue weighted by atomic mass is 35.5. The van der Waals surface area contributed by atoms with Crippen LogP contribution in [0, 0.1) is 0 Å². The number of carbonyl (C=O) groups is 1. The van der Waals surface area contributed by atoms with Crippen LogP contribution < -0.4 is 0 Å². The summed E-state index contributed by atoms with van der Waals surface area (Å²) in [5.41, 5.74) is 0.112. The zero-order valence-electron chi connectivity index (χ0n) is 11.2. The second-order valence-corrected chi connectivity index (χ2v) is 6.06. The summed E-state index contributed by atoms with van der Waals surface area (Å²) in [6.07, 6.45) is 0. The van der Waals surface area contributed by atoms with Crippen LogP contribution in [-0.4, -0.2) is 51.9 Å². The summed E-state index contributed by atoms with van der Waals surface area (Å²) in [5.74, 6) is -1.04. The Kier molecular flexibility index (Phi) is 6.61. The van der Waals surface area contributed by atoms with Crippen molar-refractivity contribution in [1.82, 2.24) is 4.90 Å². The third-order valence-corrected chi connectivity index (χ3v) is 4.91. The van der Waals surface area contributed by atoms with Gasteiger partial charge in [-0.1, -0.05) is 12.1 Å². The number of morpholine rings is 1. The van der Waals surface area contributed by atoms with Crippen LogP contribution in [0.15, 0.2) is 29.2 Å². The van der Waals surface area contributed by atoms with Crippen LogP contribution in [0.3, 0.4) is 0 Å². The highest BCUT2D eigenvalue weighted by Crippen LogP contribution is 2.19. The maximum atomic E-state index is 12.5. The molecule has 0 aliphatic carbocycles. The largest absolute Gasteiger partial charge is 0.478 e. The molecule has 5 nitrogen and oxygen atoms in total. The number of carboxylic acid groups (broad SMARTS) is 1.